The van der Waals surface area contributed by atoms with Gasteiger partial charge >= 0.3 is 6.18 Å². The van der Waals surface area contributed by atoms with Crippen LogP contribution in [0.3, 0.4) is 0 Å². The van der Waals surface area contributed by atoms with Crippen molar-refractivity contribution < 1.29 is 17.6 Å². The van der Waals surface area contributed by atoms with Crippen molar-refractivity contribution in [1.82, 2.24) is 19.5 Å². The number of halogens is 3. The van der Waals surface area contributed by atoms with Crippen molar-refractivity contribution >= 4 is 43.7 Å². The maximum atomic E-state index is 13.5. The molecule has 6 nitrogen and oxygen atoms in total. The Morgan fingerprint density at radius 1 is 0.532 bits per heavy atom. The van der Waals surface area contributed by atoms with Gasteiger partial charge in [-0.05, 0) is 95.1 Å². The van der Waals surface area contributed by atoms with Crippen LogP contribution in [-0.4, -0.2) is 19.5 Å². The number of aromatic nitrogens is 4. The van der Waals surface area contributed by atoms with Crippen molar-refractivity contribution in [1.29, 1.82) is 5.26 Å². The molecule has 0 amide bonds. The molecule has 0 atom stereocenters. The molecule has 0 N–H and O–H groups in total. The van der Waals surface area contributed by atoms with Gasteiger partial charge in [0.05, 0.1) is 45.0 Å². The van der Waals surface area contributed by atoms with Crippen LogP contribution in [0.4, 0.5) is 13.2 Å². The highest BCUT2D eigenvalue weighted by Gasteiger charge is 2.30. The highest BCUT2D eigenvalue weighted by molar-refractivity contribution is 6.13. The second kappa shape index (κ2) is 14.4. The van der Waals surface area contributed by atoms with E-state index in [2.05, 4.69) is 18.2 Å². The molecule has 4 heterocycles. The molecular weight excluding hydrogens is 780 g/mol. The van der Waals surface area contributed by atoms with Gasteiger partial charge in [-0.3, -0.25) is 4.98 Å². The first-order valence-corrected chi connectivity index (χ1v) is 19.9. The average Bonchev–Trinajstić information content (AvgIpc) is 3.87. The Balaban J connectivity index is 1.04. The zero-order valence-corrected chi connectivity index (χ0v) is 32.6. The first kappa shape index (κ1) is 36.7. The summed E-state index contributed by atoms with van der Waals surface area (Å²) in [6, 6.07) is 57.1. The van der Waals surface area contributed by atoms with Gasteiger partial charge < -0.3 is 8.98 Å². The molecule has 11 rings (SSSR count). The van der Waals surface area contributed by atoms with E-state index >= 15 is 0 Å². The summed E-state index contributed by atoms with van der Waals surface area (Å²) in [6.07, 6.45) is -2.71. The molecule has 0 aliphatic carbocycles. The Labute approximate surface area is 352 Å². The van der Waals surface area contributed by atoms with Gasteiger partial charge in [0.1, 0.15) is 16.9 Å². The van der Waals surface area contributed by atoms with Crippen LogP contribution in [0.2, 0.25) is 0 Å². The number of pyridine rings is 1. The molecule has 62 heavy (non-hydrogen) atoms. The van der Waals surface area contributed by atoms with Gasteiger partial charge in [0.25, 0.3) is 0 Å². The van der Waals surface area contributed by atoms with E-state index in [9.17, 15) is 18.4 Å². The van der Waals surface area contributed by atoms with E-state index in [0.717, 1.165) is 83.8 Å². The van der Waals surface area contributed by atoms with Crippen LogP contribution in [0.25, 0.3) is 106 Å². The Hall–Kier alpha value is -8.35. The van der Waals surface area contributed by atoms with E-state index < -0.39 is 11.7 Å². The van der Waals surface area contributed by atoms with Gasteiger partial charge in [0.15, 0.2) is 5.82 Å². The average molecular weight is 810 g/mol. The fourth-order valence-electron chi connectivity index (χ4n) is 8.41. The molecule has 0 unspecified atom stereocenters. The van der Waals surface area contributed by atoms with Crippen LogP contribution in [0.15, 0.2) is 187 Å². The Bertz CT molecular complexity index is 3570. The maximum absolute atomic E-state index is 13.5. The summed E-state index contributed by atoms with van der Waals surface area (Å²) in [4.78, 5) is 15.1. The second-order valence-electron chi connectivity index (χ2n) is 15.0. The summed E-state index contributed by atoms with van der Waals surface area (Å²) < 4.78 is 48.8. The van der Waals surface area contributed by atoms with Crippen LogP contribution in [0.5, 0.6) is 0 Å². The number of furan rings is 1. The highest BCUT2D eigenvalue weighted by atomic mass is 19.4. The highest BCUT2D eigenvalue weighted by Crippen LogP contribution is 2.40. The zero-order valence-electron chi connectivity index (χ0n) is 32.6. The second-order valence-corrected chi connectivity index (χ2v) is 15.0. The lowest BCUT2D eigenvalue weighted by Gasteiger charge is -2.11. The van der Waals surface area contributed by atoms with E-state index in [4.69, 9.17) is 19.4 Å². The van der Waals surface area contributed by atoms with E-state index in [0.29, 0.717) is 39.6 Å². The molecule has 0 aliphatic rings. The first-order chi connectivity index (χ1) is 30.3. The lowest BCUT2D eigenvalue weighted by atomic mass is 9.98. The third-order valence-electron chi connectivity index (χ3n) is 11.4. The number of hydrogen-bond donors (Lipinski definition) is 0. The number of rotatable bonds is 6. The van der Waals surface area contributed by atoms with E-state index in [1.54, 1.807) is 6.20 Å². The summed E-state index contributed by atoms with van der Waals surface area (Å²) in [5.41, 5.74) is 11.2. The quantitative estimate of drug-likeness (QED) is 0.167. The largest absolute Gasteiger partial charge is 0.456 e. The standard InChI is InChI=1S/C53H30F3N5O/c54-53(55,56)38-20-22-39(23-21-38)61-46-13-7-6-12-41(46)42-28-35(18-24-47(42)61)36-19-25-48-43(29-36)50-49(62-48)26-27-58-51(50)52-59-44(33-8-2-1-3-9-33)30-45(60-52)34-16-14-32(15-17-34)40-11-5-4-10-37(40)31-57/h1-30H. The van der Waals surface area contributed by atoms with Crippen LogP contribution in [0, 0.1) is 11.3 Å². The number of hydrogen-bond acceptors (Lipinski definition) is 5. The van der Waals surface area contributed by atoms with Crippen LogP contribution < -0.4 is 0 Å². The number of nitriles is 1. The van der Waals surface area contributed by atoms with Crippen molar-refractivity contribution in [3.8, 4) is 68.0 Å². The number of benzene rings is 7. The smallest absolute Gasteiger partial charge is 0.416 e. The van der Waals surface area contributed by atoms with Crippen LogP contribution in [-0.2, 0) is 6.18 Å². The molecule has 4 aromatic heterocycles. The topological polar surface area (TPSA) is 80.5 Å². The fraction of sp³-hybridized carbons (Fsp3) is 0.0189. The minimum Gasteiger partial charge on any atom is -0.456 e. The molecule has 11 aromatic rings. The van der Waals surface area contributed by atoms with Gasteiger partial charge in [-0.15, -0.1) is 0 Å². The Kier molecular flexibility index (Phi) is 8.55. The van der Waals surface area contributed by atoms with Gasteiger partial charge in [-0.2, -0.15) is 18.4 Å². The summed E-state index contributed by atoms with van der Waals surface area (Å²) in [5.74, 6) is 0.441. The molecule has 0 aliphatic heterocycles. The van der Waals surface area contributed by atoms with Crippen molar-refractivity contribution in [2.24, 2.45) is 0 Å². The minimum absolute atomic E-state index is 0.441. The van der Waals surface area contributed by atoms with Crippen molar-refractivity contribution in [2.45, 2.75) is 6.18 Å². The Morgan fingerprint density at radius 2 is 1.16 bits per heavy atom. The molecule has 294 valence electrons. The fourth-order valence-corrected chi connectivity index (χ4v) is 8.41. The number of fused-ring (bicyclic) bond motifs is 6. The summed E-state index contributed by atoms with van der Waals surface area (Å²) in [7, 11) is 0. The molecule has 0 saturated carbocycles. The SMILES string of the molecule is N#Cc1ccccc1-c1ccc(-c2cc(-c3ccccc3)nc(-c3nccc4oc5ccc(-c6ccc7c(c6)c6ccccc6n7-c6ccc(C(F)(F)F)cc6)cc5c34)n2)cc1. The van der Waals surface area contributed by atoms with Crippen molar-refractivity contribution in [3.63, 3.8) is 0 Å². The number of nitrogens with zero attached hydrogens (tertiary/aromatic N) is 5. The molecule has 0 bridgehead atoms. The van der Waals surface area contributed by atoms with Gasteiger partial charge in [-0.1, -0.05) is 103 Å². The molecule has 9 heteroatoms. The monoisotopic (exact) mass is 809 g/mol. The molecule has 0 fully saturated rings. The molecular formula is C53H30F3N5O. The summed E-state index contributed by atoms with van der Waals surface area (Å²) in [5, 5.41) is 13.3. The molecule has 0 radical (unpaired) electrons. The van der Waals surface area contributed by atoms with Crippen molar-refractivity contribution in [2.75, 3.05) is 0 Å². The first-order valence-electron chi connectivity index (χ1n) is 19.9. The molecule has 0 spiro atoms. The number of alkyl halides is 3. The third kappa shape index (κ3) is 6.25. The van der Waals surface area contributed by atoms with Gasteiger partial charge in [0.2, 0.25) is 0 Å². The lowest BCUT2D eigenvalue weighted by molar-refractivity contribution is -0.137. The summed E-state index contributed by atoms with van der Waals surface area (Å²) >= 11 is 0. The lowest BCUT2D eigenvalue weighted by Crippen LogP contribution is -2.05. The Morgan fingerprint density at radius 3 is 1.92 bits per heavy atom. The molecule has 7 aromatic carbocycles. The van der Waals surface area contributed by atoms with E-state index in [1.807, 2.05) is 144 Å². The minimum atomic E-state index is -4.42. The van der Waals surface area contributed by atoms with Crippen LogP contribution >= 0.6 is 0 Å². The van der Waals surface area contributed by atoms with Gasteiger partial charge in [0, 0.05) is 39.2 Å². The van der Waals surface area contributed by atoms with Gasteiger partial charge in [-0.25, -0.2) is 9.97 Å². The third-order valence-corrected chi connectivity index (χ3v) is 11.4. The predicted octanol–water partition coefficient (Wildman–Crippen LogP) is 14.1. The predicted molar refractivity (Wildman–Crippen MR) is 238 cm³/mol. The number of para-hydroxylation sites is 1. The van der Waals surface area contributed by atoms with E-state index in [1.165, 1.54) is 12.1 Å². The van der Waals surface area contributed by atoms with Crippen LogP contribution in [0.1, 0.15) is 11.1 Å². The molecule has 0 saturated heterocycles. The zero-order chi connectivity index (χ0) is 42.0. The van der Waals surface area contributed by atoms with Crippen molar-refractivity contribution in [3.05, 3.63) is 193 Å². The normalized spacial score (nSPS) is 11.8. The maximum Gasteiger partial charge on any atom is 0.416 e. The summed E-state index contributed by atoms with van der Waals surface area (Å²) in [6.45, 7) is 0. The van der Waals surface area contributed by atoms with E-state index in [-0.39, 0.29) is 0 Å².